The van der Waals surface area contributed by atoms with Crippen molar-refractivity contribution in [2.24, 2.45) is 0 Å². The van der Waals surface area contributed by atoms with Crippen LogP contribution in [0.3, 0.4) is 0 Å². The fourth-order valence-electron chi connectivity index (χ4n) is 4.80. The number of hydrogen-bond acceptors (Lipinski definition) is 5. The SMILES string of the molecule is CCCCCCCCCCCCCCOc1ccc(OCC(=O)Nc2ccccc2C[n+]2cscc2C)cc1OC. The standard InChI is InChI=1S/C34H48N2O4S/c1-4-5-6-7-8-9-10-11-12-13-14-17-22-39-32-21-20-30(23-33(32)38-3)40-25-34(37)35-31-19-16-15-18-29(31)24-36-27-41-26-28(36)2/h15-16,18-21,23,26-27H,4-14,17,22,24-25H2,1-3H3/p+1. The summed E-state index contributed by atoms with van der Waals surface area (Å²) in [4.78, 5) is 12.7. The Balaban J connectivity index is 1.33. The van der Waals surface area contributed by atoms with E-state index in [9.17, 15) is 4.79 Å². The number of benzene rings is 2. The first-order chi connectivity index (χ1) is 20.1. The number of carbonyl (C=O) groups is 1. The molecule has 0 radical (unpaired) electrons. The lowest BCUT2D eigenvalue weighted by Gasteiger charge is -2.13. The molecule has 2 aromatic carbocycles. The average Bonchev–Trinajstić information content (AvgIpc) is 3.39. The van der Waals surface area contributed by atoms with Crippen molar-refractivity contribution in [2.75, 3.05) is 25.6 Å². The zero-order valence-electron chi connectivity index (χ0n) is 25.3. The van der Waals surface area contributed by atoms with Gasteiger partial charge in [-0.05, 0) is 24.6 Å². The zero-order valence-corrected chi connectivity index (χ0v) is 26.1. The fraction of sp³-hybridized carbons (Fsp3) is 0.529. The maximum absolute atomic E-state index is 12.7. The number of ether oxygens (including phenoxy) is 3. The van der Waals surface area contributed by atoms with Crippen molar-refractivity contribution < 1.29 is 23.6 Å². The van der Waals surface area contributed by atoms with Crippen molar-refractivity contribution in [3.8, 4) is 17.2 Å². The van der Waals surface area contributed by atoms with Crippen LogP contribution in [0.1, 0.15) is 95.2 Å². The van der Waals surface area contributed by atoms with E-state index in [-0.39, 0.29) is 12.5 Å². The van der Waals surface area contributed by atoms with E-state index >= 15 is 0 Å². The monoisotopic (exact) mass is 581 g/mol. The Morgan fingerprint density at radius 3 is 2.20 bits per heavy atom. The van der Waals surface area contributed by atoms with Gasteiger partial charge >= 0.3 is 0 Å². The van der Waals surface area contributed by atoms with Gasteiger partial charge in [0.2, 0.25) is 5.51 Å². The second-order valence-electron chi connectivity index (χ2n) is 10.7. The minimum Gasteiger partial charge on any atom is -0.493 e. The molecule has 224 valence electrons. The normalized spacial score (nSPS) is 10.9. The predicted molar refractivity (Wildman–Crippen MR) is 168 cm³/mol. The van der Waals surface area contributed by atoms with E-state index in [0.717, 1.165) is 17.7 Å². The Bertz CT molecular complexity index is 1160. The van der Waals surface area contributed by atoms with Gasteiger partial charge in [-0.15, -0.1) is 0 Å². The molecule has 0 spiro atoms. The van der Waals surface area contributed by atoms with Gasteiger partial charge in [0.15, 0.2) is 30.3 Å². The van der Waals surface area contributed by atoms with Gasteiger partial charge in [-0.2, -0.15) is 4.57 Å². The highest BCUT2D eigenvalue weighted by atomic mass is 32.1. The molecule has 0 saturated carbocycles. The minimum atomic E-state index is -0.212. The van der Waals surface area contributed by atoms with E-state index in [1.807, 2.05) is 36.4 Å². The molecule has 3 rings (SSSR count). The van der Waals surface area contributed by atoms with E-state index in [0.29, 0.717) is 30.4 Å². The van der Waals surface area contributed by atoms with Crippen LogP contribution in [0.2, 0.25) is 0 Å². The Morgan fingerprint density at radius 1 is 0.854 bits per heavy atom. The smallest absolute Gasteiger partial charge is 0.262 e. The number of aryl methyl sites for hydroxylation is 1. The quantitative estimate of drug-likeness (QED) is 0.101. The van der Waals surface area contributed by atoms with Gasteiger partial charge in [0.1, 0.15) is 5.75 Å². The Hall–Kier alpha value is -3.06. The van der Waals surface area contributed by atoms with Crippen molar-refractivity contribution in [1.29, 1.82) is 0 Å². The van der Waals surface area contributed by atoms with Crippen molar-refractivity contribution >= 4 is 22.9 Å². The van der Waals surface area contributed by atoms with E-state index in [2.05, 4.69) is 34.6 Å². The third-order valence-corrected chi connectivity index (χ3v) is 8.13. The first-order valence-corrected chi connectivity index (χ1v) is 16.3. The third kappa shape index (κ3) is 12.1. The number of carbonyl (C=O) groups excluding carboxylic acids is 1. The summed E-state index contributed by atoms with van der Waals surface area (Å²) in [6.07, 6.45) is 15.8. The Kier molecular flexibility index (Phi) is 15.1. The van der Waals surface area contributed by atoms with Crippen LogP contribution in [-0.2, 0) is 11.3 Å². The molecule has 1 amide bonds. The van der Waals surface area contributed by atoms with Crippen molar-refractivity contribution in [1.82, 2.24) is 0 Å². The van der Waals surface area contributed by atoms with Crippen LogP contribution < -0.4 is 24.1 Å². The topological polar surface area (TPSA) is 60.7 Å². The molecule has 41 heavy (non-hydrogen) atoms. The highest BCUT2D eigenvalue weighted by Crippen LogP contribution is 2.31. The molecule has 3 aromatic rings. The lowest BCUT2D eigenvalue weighted by atomic mass is 10.1. The number of nitrogens with zero attached hydrogens (tertiary/aromatic N) is 1. The number of aromatic nitrogens is 1. The highest BCUT2D eigenvalue weighted by molar-refractivity contribution is 7.07. The molecule has 0 aliphatic carbocycles. The molecule has 0 unspecified atom stereocenters. The largest absolute Gasteiger partial charge is 0.493 e. The molecular weight excluding hydrogens is 532 g/mol. The van der Waals surface area contributed by atoms with Gasteiger partial charge in [0.25, 0.3) is 5.91 Å². The first kappa shape index (κ1) is 32.5. The Labute approximate surface area is 251 Å². The number of anilines is 1. The van der Waals surface area contributed by atoms with E-state index in [4.69, 9.17) is 14.2 Å². The number of nitrogens with one attached hydrogen (secondary N) is 1. The first-order valence-electron chi connectivity index (χ1n) is 15.3. The van der Waals surface area contributed by atoms with Gasteiger partial charge in [0, 0.05) is 18.6 Å². The summed E-state index contributed by atoms with van der Waals surface area (Å²) in [7, 11) is 1.62. The summed E-state index contributed by atoms with van der Waals surface area (Å²) in [6, 6.07) is 13.3. The van der Waals surface area contributed by atoms with Gasteiger partial charge in [-0.1, -0.05) is 107 Å². The van der Waals surface area contributed by atoms with Crippen LogP contribution in [0.4, 0.5) is 5.69 Å². The number of thiazole rings is 1. The van der Waals surface area contributed by atoms with Crippen LogP contribution in [-0.4, -0.2) is 26.2 Å². The molecule has 1 aromatic heterocycles. The number of para-hydroxylation sites is 1. The number of methoxy groups -OCH3 is 1. The molecule has 0 saturated heterocycles. The highest BCUT2D eigenvalue weighted by Gasteiger charge is 2.14. The van der Waals surface area contributed by atoms with Crippen LogP contribution in [0.5, 0.6) is 17.2 Å². The van der Waals surface area contributed by atoms with Gasteiger partial charge in [-0.3, -0.25) is 4.79 Å². The van der Waals surface area contributed by atoms with Crippen molar-refractivity contribution in [3.05, 3.63) is 64.6 Å². The number of amides is 1. The maximum atomic E-state index is 12.7. The molecule has 0 bridgehead atoms. The number of unbranched alkanes of at least 4 members (excludes halogenated alkanes) is 11. The average molecular weight is 582 g/mol. The van der Waals surface area contributed by atoms with Gasteiger partial charge < -0.3 is 19.5 Å². The summed E-state index contributed by atoms with van der Waals surface area (Å²) in [6.45, 7) is 5.62. The summed E-state index contributed by atoms with van der Waals surface area (Å²) in [5.74, 6) is 1.65. The lowest BCUT2D eigenvalue weighted by Crippen LogP contribution is -2.35. The minimum absolute atomic E-state index is 0.0961. The fourth-order valence-corrected chi connectivity index (χ4v) is 5.58. The zero-order chi connectivity index (χ0) is 29.1. The number of hydrogen-bond donors (Lipinski definition) is 1. The van der Waals surface area contributed by atoms with Crippen LogP contribution in [0.25, 0.3) is 0 Å². The third-order valence-electron chi connectivity index (χ3n) is 7.27. The second kappa shape index (κ2) is 19.1. The molecular formula is C34H49N2O4S+. The molecule has 0 fully saturated rings. The van der Waals surface area contributed by atoms with Gasteiger partial charge in [-0.25, -0.2) is 0 Å². The Morgan fingerprint density at radius 2 is 1.54 bits per heavy atom. The molecule has 0 aliphatic rings. The van der Waals surface area contributed by atoms with Gasteiger partial charge in [0.05, 0.1) is 24.8 Å². The predicted octanol–water partition coefficient (Wildman–Crippen LogP) is 8.50. The molecule has 0 aliphatic heterocycles. The summed E-state index contributed by atoms with van der Waals surface area (Å²) in [5, 5.41) is 5.10. The molecule has 0 atom stereocenters. The van der Waals surface area contributed by atoms with Crippen molar-refractivity contribution in [2.45, 2.75) is 97.4 Å². The van der Waals surface area contributed by atoms with Crippen LogP contribution >= 0.6 is 11.3 Å². The van der Waals surface area contributed by atoms with E-state index in [1.54, 1.807) is 24.5 Å². The molecule has 6 nitrogen and oxygen atoms in total. The lowest BCUT2D eigenvalue weighted by molar-refractivity contribution is -0.689. The summed E-state index contributed by atoms with van der Waals surface area (Å²) >= 11 is 1.66. The van der Waals surface area contributed by atoms with E-state index in [1.165, 1.54) is 76.3 Å². The number of rotatable bonds is 21. The molecule has 7 heteroatoms. The summed E-state index contributed by atoms with van der Waals surface area (Å²) in [5.41, 5.74) is 5.10. The second-order valence-corrected chi connectivity index (χ2v) is 11.4. The molecule has 1 heterocycles. The van der Waals surface area contributed by atoms with Crippen LogP contribution in [0.15, 0.2) is 53.4 Å². The summed E-state index contributed by atoms with van der Waals surface area (Å²) < 4.78 is 19.4. The maximum Gasteiger partial charge on any atom is 0.262 e. The van der Waals surface area contributed by atoms with E-state index < -0.39 is 0 Å². The van der Waals surface area contributed by atoms with Crippen LogP contribution in [0, 0.1) is 6.92 Å². The molecule has 1 N–H and O–H groups in total. The van der Waals surface area contributed by atoms with Crippen molar-refractivity contribution in [3.63, 3.8) is 0 Å².